The highest BCUT2D eigenvalue weighted by molar-refractivity contribution is 7.89. The molecule has 0 heterocycles. The van der Waals surface area contributed by atoms with Crippen molar-refractivity contribution in [3.05, 3.63) is 0 Å². The van der Waals surface area contributed by atoms with Crippen molar-refractivity contribution in [1.82, 2.24) is 0 Å². The molecule has 0 unspecified atom stereocenters. The molecule has 8 heteroatoms. The van der Waals surface area contributed by atoms with E-state index < -0.39 is 20.0 Å². The molecule has 0 rings (SSSR count). The molecule has 6 nitrogen and oxygen atoms in total. The summed E-state index contributed by atoms with van der Waals surface area (Å²) in [5, 5.41) is 9.82. The maximum Gasteiger partial charge on any atom is 0.209 e. The molecule has 0 aliphatic carbocycles. The SMILES string of the molecule is NS(=O)(=O)CCCCCCCCCCCCS(N)(=O)=O. The zero-order chi connectivity index (χ0) is 15.5. The van der Waals surface area contributed by atoms with Crippen molar-refractivity contribution in [2.45, 2.75) is 64.2 Å². The molecular formula is C12H28N2O4S2. The van der Waals surface area contributed by atoms with Gasteiger partial charge >= 0.3 is 0 Å². The predicted octanol–water partition coefficient (Wildman–Crippen LogP) is 1.46. The molecule has 20 heavy (non-hydrogen) atoms. The van der Waals surface area contributed by atoms with Gasteiger partial charge in [0.25, 0.3) is 0 Å². The van der Waals surface area contributed by atoms with Gasteiger partial charge in [0.1, 0.15) is 0 Å². The molecule has 0 bridgehead atoms. The van der Waals surface area contributed by atoms with Gasteiger partial charge in [0.15, 0.2) is 0 Å². The molecule has 0 aromatic carbocycles. The first-order chi connectivity index (χ1) is 9.21. The molecular weight excluding hydrogens is 300 g/mol. The van der Waals surface area contributed by atoms with Gasteiger partial charge in [-0.3, -0.25) is 0 Å². The first-order valence-corrected chi connectivity index (χ1v) is 10.6. The summed E-state index contributed by atoms with van der Waals surface area (Å²) in [6.07, 6.45) is 9.70. The van der Waals surface area contributed by atoms with Crippen LogP contribution in [0.25, 0.3) is 0 Å². The van der Waals surface area contributed by atoms with Gasteiger partial charge in [-0.1, -0.05) is 51.4 Å². The molecule has 0 spiro atoms. The highest BCUT2D eigenvalue weighted by Crippen LogP contribution is 2.11. The van der Waals surface area contributed by atoms with E-state index >= 15 is 0 Å². The second-order valence-corrected chi connectivity index (χ2v) is 8.74. The minimum atomic E-state index is -3.30. The third-order valence-electron chi connectivity index (χ3n) is 3.11. The molecule has 0 radical (unpaired) electrons. The van der Waals surface area contributed by atoms with Crippen LogP contribution < -0.4 is 10.3 Å². The van der Waals surface area contributed by atoms with Gasteiger partial charge in [-0.15, -0.1) is 0 Å². The number of primary sulfonamides is 2. The van der Waals surface area contributed by atoms with Crippen LogP contribution in [0.4, 0.5) is 0 Å². The van der Waals surface area contributed by atoms with Crippen molar-refractivity contribution in [3.63, 3.8) is 0 Å². The Bertz CT molecular complexity index is 390. The van der Waals surface area contributed by atoms with E-state index in [1.165, 1.54) is 0 Å². The van der Waals surface area contributed by atoms with Gasteiger partial charge in [0.2, 0.25) is 20.0 Å². The zero-order valence-corrected chi connectivity index (χ0v) is 13.7. The summed E-state index contributed by atoms with van der Waals surface area (Å²) >= 11 is 0. The van der Waals surface area contributed by atoms with Crippen LogP contribution in [0.3, 0.4) is 0 Å². The average molecular weight is 328 g/mol. The van der Waals surface area contributed by atoms with Gasteiger partial charge < -0.3 is 0 Å². The summed E-state index contributed by atoms with van der Waals surface area (Å²) in [5.74, 6) is 0.161. The van der Waals surface area contributed by atoms with Crippen molar-refractivity contribution in [3.8, 4) is 0 Å². The van der Waals surface area contributed by atoms with Gasteiger partial charge in [-0.05, 0) is 12.8 Å². The lowest BCUT2D eigenvalue weighted by Gasteiger charge is -2.02. The van der Waals surface area contributed by atoms with Gasteiger partial charge in [0, 0.05) is 0 Å². The number of nitrogens with two attached hydrogens (primary N) is 2. The number of hydrogen-bond acceptors (Lipinski definition) is 4. The van der Waals surface area contributed by atoms with Crippen LogP contribution in [0.2, 0.25) is 0 Å². The lowest BCUT2D eigenvalue weighted by atomic mass is 10.1. The molecule has 0 aromatic heterocycles. The predicted molar refractivity (Wildman–Crippen MR) is 82.1 cm³/mol. The summed E-state index contributed by atoms with van der Waals surface area (Å²) in [5.41, 5.74) is 0. The highest BCUT2D eigenvalue weighted by atomic mass is 32.2. The van der Waals surface area contributed by atoms with Crippen molar-refractivity contribution in [2.75, 3.05) is 11.5 Å². The fraction of sp³-hybridized carbons (Fsp3) is 1.00. The second kappa shape index (κ2) is 10.5. The lowest BCUT2D eigenvalue weighted by Crippen LogP contribution is -2.16. The third kappa shape index (κ3) is 17.8. The lowest BCUT2D eigenvalue weighted by molar-refractivity contribution is 0.554. The Morgan fingerprint density at radius 2 is 0.650 bits per heavy atom. The summed E-state index contributed by atoms with van der Waals surface area (Å²) in [6.45, 7) is 0. The van der Waals surface area contributed by atoms with E-state index in [1.54, 1.807) is 0 Å². The van der Waals surface area contributed by atoms with E-state index in [0.717, 1.165) is 51.4 Å². The third-order valence-corrected chi connectivity index (χ3v) is 4.82. The van der Waals surface area contributed by atoms with Crippen LogP contribution in [0, 0.1) is 0 Å². The van der Waals surface area contributed by atoms with Crippen molar-refractivity contribution >= 4 is 20.0 Å². The molecule has 0 aromatic rings. The molecule has 0 aliphatic heterocycles. The summed E-state index contributed by atoms with van der Waals surface area (Å²) in [6, 6.07) is 0. The molecule has 0 atom stereocenters. The average Bonchev–Trinajstić information content (AvgIpc) is 2.27. The monoisotopic (exact) mass is 328 g/mol. The first-order valence-electron chi connectivity index (χ1n) is 7.22. The maximum absolute atomic E-state index is 10.7. The maximum atomic E-state index is 10.7. The number of unbranched alkanes of at least 4 members (excludes halogenated alkanes) is 9. The Morgan fingerprint density at radius 3 is 0.850 bits per heavy atom. The second-order valence-electron chi connectivity index (χ2n) is 5.27. The number of sulfonamides is 2. The highest BCUT2D eigenvalue weighted by Gasteiger charge is 2.02. The molecule has 0 fully saturated rings. The van der Waals surface area contributed by atoms with Crippen molar-refractivity contribution in [1.29, 1.82) is 0 Å². The van der Waals surface area contributed by atoms with E-state index in [2.05, 4.69) is 0 Å². The minimum absolute atomic E-state index is 0.0804. The molecule has 0 aliphatic rings. The normalized spacial score (nSPS) is 12.7. The minimum Gasteiger partial charge on any atom is -0.229 e. The van der Waals surface area contributed by atoms with E-state index in [9.17, 15) is 16.8 Å². The van der Waals surface area contributed by atoms with Crippen LogP contribution in [-0.4, -0.2) is 28.3 Å². The van der Waals surface area contributed by atoms with Crippen LogP contribution in [0.15, 0.2) is 0 Å². The van der Waals surface area contributed by atoms with Crippen LogP contribution in [0.5, 0.6) is 0 Å². The molecule has 0 saturated heterocycles. The van der Waals surface area contributed by atoms with Crippen LogP contribution in [-0.2, 0) is 20.0 Å². The first kappa shape index (κ1) is 19.8. The van der Waals surface area contributed by atoms with E-state index in [-0.39, 0.29) is 11.5 Å². The van der Waals surface area contributed by atoms with Gasteiger partial charge in [-0.2, -0.15) is 0 Å². The Hall–Kier alpha value is -0.180. The van der Waals surface area contributed by atoms with E-state index in [1.807, 2.05) is 0 Å². The summed E-state index contributed by atoms with van der Waals surface area (Å²) in [7, 11) is -6.59. The van der Waals surface area contributed by atoms with E-state index in [4.69, 9.17) is 10.3 Å². The number of hydrogen-bond donors (Lipinski definition) is 2. The fourth-order valence-corrected chi connectivity index (χ4v) is 3.23. The van der Waals surface area contributed by atoms with Crippen LogP contribution in [0.1, 0.15) is 64.2 Å². The van der Waals surface area contributed by atoms with Crippen LogP contribution >= 0.6 is 0 Å². The topological polar surface area (TPSA) is 120 Å². The molecule has 4 N–H and O–H groups in total. The van der Waals surface area contributed by atoms with Crippen molar-refractivity contribution in [2.24, 2.45) is 10.3 Å². The largest absolute Gasteiger partial charge is 0.229 e. The molecule has 0 amide bonds. The number of rotatable bonds is 13. The van der Waals surface area contributed by atoms with Gasteiger partial charge in [0.05, 0.1) is 11.5 Å². The molecule has 122 valence electrons. The fourth-order valence-electron chi connectivity index (χ4n) is 2.02. The van der Waals surface area contributed by atoms with Crippen molar-refractivity contribution < 1.29 is 16.8 Å². The summed E-state index contributed by atoms with van der Waals surface area (Å²) < 4.78 is 42.7. The Kier molecular flexibility index (Phi) is 10.4. The van der Waals surface area contributed by atoms with Gasteiger partial charge in [-0.25, -0.2) is 27.1 Å². The van der Waals surface area contributed by atoms with E-state index in [0.29, 0.717) is 12.8 Å². The quantitative estimate of drug-likeness (QED) is 0.497. The molecule has 0 saturated carbocycles. The Balaban J connectivity index is 3.18. The Labute approximate surface area is 123 Å². The summed E-state index contributed by atoms with van der Waals surface area (Å²) in [4.78, 5) is 0. The Morgan fingerprint density at radius 1 is 0.450 bits per heavy atom. The standard InChI is InChI=1S/C12H28N2O4S2/c13-19(15,16)11-9-7-5-3-1-2-4-6-8-10-12-20(14,17)18/h1-12H2,(H2,13,15,16)(H2,14,17,18). The zero-order valence-electron chi connectivity index (χ0n) is 12.1. The smallest absolute Gasteiger partial charge is 0.209 e.